The number of amides is 3. The minimum Gasteiger partial charge on any atom is -0.481 e. The highest BCUT2D eigenvalue weighted by Gasteiger charge is 2.35. The highest BCUT2D eigenvalue weighted by Crippen LogP contribution is 2.20. The molecule has 2 atom stereocenters. The van der Waals surface area contributed by atoms with Gasteiger partial charge in [0.05, 0.1) is 0 Å². The van der Waals surface area contributed by atoms with Crippen molar-refractivity contribution in [3.8, 4) is 0 Å². The molecule has 4 N–H and O–H groups in total. The van der Waals surface area contributed by atoms with Crippen LogP contribution >= 0.6 is 0 Å². The third-order valence-electron chi connectivity index (χ3n) is 6.32. The molecule has 9 heteroatoms. The smallest absolute Gasteiger partial charge is 0.303 e. The van der Waals surface area contributed by atoms with E-state index in [1.54, 1.807) is 11.9 Å². The van der Waals surface area contributed by atoms with E-state index in [0.29, 0.717) is 32.5 Å². The van der Waals surface area contributed by atoms with Crippen LogP contribution in [0.4, 0.5) is 0 Å². The molecule has 9 nitrogen and oxygen atoms in total. The molecule has 2 unspecified atom stereocenters. The van der Waals surface area contributed by atoms with E-state index in [9.17, 15) is 19.2 Å². The number of unbranched alkanes of at least 4 members (excludes halogenated alkanes) is 8. The molecule has 196 valence electrons. The SMILES string of the molecule is CCCCCCCCCCCC(=O)N1CCCC1C(=O)NC(CCC(=O)O)C(=O)NCCNC. The van der Waals surface area contributed by atoms with E-state index in [1.165, 1.54) is 38.5 Å². The van der Waals surface area contributed by atoms with Crippen LogP contribution in [0.2, 0.25) is 0 Å². The van der Waals surface area contributed by atoms with Gasteiger partial charge < -0.3 is 26.0 Å². The van der Waals surface area contributed by atoms with Crippen LogP contribution < -0.4 is 16.0 Å². The zero-order chi connectivity index (χ0) is 25.2. The van der Waals surface area contributed by atoms with Crippen LogP contribution in [0.3, 0.4) is 0 Å². The number of carbonyl (C=O) groups is 4. The van der Waals surface area contributed by atoms with Crippen LogP contribution in [-0.2, 0) is 19.2 Å². The van der Waals surface area contributed by atoms with Gasteiger partial charge in [-0.3, -0.25) is 19.2 Å². The van der Waals surface area contributed by atoms with Crippen molar-refractivity contribution in [1.29, 1.82) is 0 Å². The fourth-order valence-electron chi connectivity index (χ4n) is 4.31. The van der Waals surface area contributed by atoms with Crippen molar-refractivity contribution < 1.29 is 24.3 Å². The molecule has 1 aliphatic rings. The summed E-state index contributed by atoms with van der Waals surface area (Å²) in [5, 5.41) is 17.3. The van der Waals surface area contributed by atoms with E-state index in [-0.39, 0.29) is 24.7 Å². The van der Waals surface area contributed by atoms with Crippen molar-refractivity contribution in [2.45, 2.75) is 109 Å². The Kier molecular flexibility index (Phi) is 16.0. The van der Waals surface area contributed by atoms with E-state index >= 15 is 0 Å². The molecular weight excluding hydrogens is 436 g/mol. The van der Waals surface area contributed by atoms with Crippen LogP contribution in [0.1, 0.15) is 96.8 Å². The summed E-state index contributed by atoms with van der Waals surface area (Å²) in [5.74, 6) is -1.82. The Morgan fingerprint density at radius 3 is 2.21 bits per heavy atom. The number of likely N-dealkylation sites (N-methyl/N-ethyl adjacent to an activating group) is 1. The van der Waals surface area contributed by atoms with Crippen molar-refractivity contribution in [2.75, 3.05) is 26.7 Å². The molecule has 1 aliphatic heterocycles. The Labute approximate surface area is 204 Å². The average molecular weight is 483 g/mol. The Morgan fingerprint density at radius 1 is 0.941 bits per heavy atom. The summed E-state index contributed by atoms with van der Waals surface area (Å²) in [6.07, 6.45) is 12.1. The molecule has 1 rings (SSSR count). The number of carbonyl (C=O) groups excluding carboxylic acids is 3. The van der Waals surface area contributed by atoms with Gasteiger partial charge in [0.2, 0.25) is 17.7 Å². The largest absolute Gasteiger partial charge is 0.481 e. The number of nitrogens with one attached hydrogen (secondary N) is 3. The van der Waals surface area contributed by atoms with Gasteiger partial charge in [-0.15, -0.1) is 0 Å². The van der Waals surface area contributed by atoms with Gasteiger partial charge in [-0.2, -0.15) is 0 Å². The molecule has 0 saturated carbocycles. The summed E-state index contributed by atoms with van der Waals surface area (Å²) in [7, 11) is 1.76. The van der Waals surface area contributed by atoms with Crippen molar-refractivity contribution in [3.05, 3.63) is 0 Å². The van der Waals surface area contributed by atoms with Crippen molar-refractivity contribution in [1.82, 2.24) is 20.9 Å². The number of carboxylic acids is 1. The number of carboxylic acid groups (broad SMARTS) is 1. The molecule has 1 heterocycles. The predicted molar refractivity (Wildman–Crippen MR) is 132 cm³/mol. The Hall–Kier alpha value is -2.16. The zero-order valence-corrected chi connectivity index (χ0v) is 21.2. The Morgan fingerprint density at radius 2 is 1.59 bits per heavy atom. The van der Waals surface area contributed by atoms with Gasteiger partial charge in [0.25, 0.3) is 0 Å². The van der Waals surface area contributed by atoms with E-state index in [4.69, 9.17) is 5.11 Å². The summed E-state index contributed by atoms with van der Waals surface area (Å²) in [6.45, 7) is 3.70. The van der Waals surface area contributed by atoms with E-state index in [1.807, 2.05) is 0 Å². The first-order valence-corrected chi connectivity index (χ1v) is 13.1. The van der Waals surface area contributed by atoms with Gasteiger partial charge in [0.1, 0.15) is 12.1 Å². The first-order chi connectivity index (χ1) is 16.4. The monoisotopic (exact) mass is 482 g/mol. The number of hydrogen-bond donors (Lipinski definition) is 4. The van der Waals surface area contributed by atoms with Crippen LogP contribution in [0, 0.1) is 0 Å². The summed E-state index contributed by atoms with van der Waals surface area (Å²) < 4.78 is 0. The summed E-state index contributed by atoms with van der Waals surface area (Å²) in [4.78, 5) is 50.8. The molecule has 0 aromatic heterocycles. The molecule has 3 amide bonds. The number of aliphatic carboxylic acids is 1. The minimum atomic E-state index is -1.03. The Bertz CT molecular complexity index is 628. The normalized spacial score (nSPS) is 16.3. The number of hydrogen-bond acceptors (Lipinski definition) is 5. The number of rotatable bonds is 19. The topological polar surface area (TPSA) is 128 Å². The van der Waals surface area contributed by atoms with Crippen molar-refractivity contribution in [2.24, 2.45) is 0 Å². The Balaban J connectivity index is 2.47. The summed E-state index contributed by atoms with van der Waals surface area (Å²) in [5.41, 5.74) is 0. The molecule has 0 aliphatic carbocycles. The van der Waals surface area contributed by atoms with Crippen molar-refractivity contribution >= 4 is 23.7 Å². The molecule has 34 heavy (non-hydrogen) atoms. The predicted octanol–water partition coefficient (Wildman–Crippen LogP) is 2.58. The maximum atomic E-state index is 12.9. The van der Waals surface area contributed by atoms with Gasteiger partial charge >= 0.3 is 5.97 Å². The van der Waals surface area contributed by atoms with E-state index in [2.05, 4.69) is 22.9 Å². The van der Waals surface area contributed by atoms with Crippen LogP contribution in [0.15, 0.2) is 0 Å². The molecule has 0 bridgehead atoms. The maximum Gasteiger partial charge on any atom is 0.303 e. The second-order valence-electron chi connectivity index (χ2n) is 9.21. The third kappa shape index (κ3) is 12.3. The molecule has 0 aromatic carbocycles. The highest BCUT2D eigenvalue weighted by atomic mass is 16.4. The average Bonchev–Trinajstić information content (AvgIpc) is 3.30. The lowest BCUT2D eigenvalue weighted by Crippen LogP contribution is -2.53. The van der Waals surface area contributed by atoms with Gasteiger partial charge in [-0.1, -0.05) is 58.3 Å². The first-order valence-electron chi connectivity index (χ1n) is 13.1. The maximum absolute atomic E-state index is 12.9. The second kappa shape index (κ2) is 18.2. The highest BCUT2D eigenvalue weighted by molar-refractivity contribution is 5.92. The lowest BCUT2D eigenvalue weighted by molar-refractivity contribution is -0.140. The second-order valence-corrected chi connectivity index (χ2v) is 9.21. The van der Waals surface area contributed by atoms with Crippen LogP contribution in [0.5, 0.6) is 0 Å². The first kappa shape index (κ1) is 29.9. The quantitative estimate of drug-likeness (QED) is 0.210. The lowest BCUT2D eigenvalue weighted by Gasteiger charge is -2.26. The third-order valence-corrected chi connectivity index (χ3v) is 6.32. The molecule has 0 radical (unpaired) electrons. The van der Waals surface area contributed by atoms with Gasteiger partial charge in [0.15, 0.2) is 0 Å². The standard InChI is InChI=1S/C25H46N4O5/c1-3-4-5-6-7-8-9-10-11-14-22(30)29-19-12-13-21(29)25(34)28-20(15-16-23(31)32)24(33)27-18-17-26-2/h20-21,26H,3-19H2,1-2H3,(H,27,33)(H,28,34)(H,31,32). The van der Waals surface area contributed by atoms with E-state index in [0.717, 1.165) is 25.7 Å². The number of likely N-dealkylation sites (tertiary alicyclic amines) is 1. The van der Waals surface area contributed by atoms with E-state index < -0.39 is 24.0 Å². The fraction of sp³-hybridized carbons (Fsp3) is 0.840. The fourth-order valence-corrected chi connectivity index (χ4v) is 4.31. The molecule has 1 saturated heterocycles. The van der Waals surface area contributed by atoms with Gasteiger partial charge in [-0.25, -0.2) is 0 Å². The molecule has 0 spiro atoms. The summed E-state index contributed by atoms with van der Waals surface area (Å²) in [6, 6.07) is -1.53. The molecule has 0 aromatic rings. The number of nitrogens with zero attached hydrogens (tertiary/aromatic N) is 1. The molecule has 1 fully saturated rings. The van der Waals surface area contributed by atoms with Gasteiger partial charge in [0, 0.05) is 32.5 Å². The minimum absolute atomic E-state index is 0.00553. The summed E-state index contributed by atoms with van der Waals surface area (Å²) >= 11 is 0. The molecular formula is C25H46N4O5. The van der Waals surface area contributed by atoms with Crippen molar-refractivity contribution in [3.63, 3.8) is 0 Å². The van der Waals surface area contributed by atoms with Gasteiger partial charge in [-0.05, 0) is 32.7 Å². The van der Waals surface area contributed by atoms with Crippen LogP contribution in [-0.4, -0.2) is 72.5 Å². The lowest BCUT2D eigenvalue weighted by atomic mass is 10.1. The zero-order valence-electron chi connectivity index (χ0n) is 21.2. The van der Waals surface area contributed by atoms with Crippen LogP contribution in [0.25, 0.3) is 0 Å².